The van der Waals surface area contributed by atoms with Crippen LogP contribution in [0.25, 0.3) is 0 Å². The maximum absolute atomic E-state index is 11.0. The molecule has 2 nitrogen and oxygen atoms in total. The number of hydrogen-bond acceptors (Lipinski definition) is 1. The zero-order valence-corrected chi connectivity index (χ0v) is 6.80. The molecule has 1 aliphatic heterocycles. The van der Waals surface area contributed by atoms with E-state index in [1.54, 1.807) is 17.8 Å². The minimum Gasteiger partial charge on any atom is -1.00 e. The van der Waals surface area contributed by atoms with Gasteiger partial charge in [-0.25, -0.2) is 4.79 Å². The van der Waals surface area contributed by atoms with Crippen molar-refractivity contribution in [1.82, 2.24) is 0 Å². The Bertz CT molecular complexity index is 196. The van der Waals surface area contributed by atoms with Gasteiger partial charge in [-0.2, -0.15) is 4.58 Å². The largest absolute Gasteiger partial charge is 1.00 e. The smallest absolute Gasteiger partial charge is 0.393 e. The van der Waals surface area contributed by atoms with Crippen LogP contribution < -0.4 is 12.4 Å². The van der Waals surface area contributed by atoms with Gasteiger partial charge in [-0.15, -0.1) is 0 Å². The molecule has 0 saturated heterocycles. The molecule has 0 radical (unpaired) electrons. The van der Waals surface area contributed by atoms with Gasteiger partial charge in [-0.3, -0.25) is 0 Å². The SMILES string of the molecule is CC1C=CC=[N+](C)C1=O.[Cl-]. The fraction of sp³-hybridized carbons (Fsp3) is 0.429. The van der Waals surface area contributed by atoms with Crippen molar-refractivity contribution in [3.8, 4) is 0 Å². The molecule has 0 bridgehead atoms. The van der Waals surface area contributed by atoms with Crippen LogP contribution in [0.2, 0.25) is 0 Å². The highest BCUT2D eigenvalue weighted by Gasteiger charge is 2.20. The predicted molar refractivity (Wildman–Crippen MR) is 35.6 cm³/mol. The van der Waals surface area contributed by atoms with Gasteiger partial charge in [0, 0.05) is 0 Å². The molecule has 1 rings (SSSR count). The van der Waals surface area contributed by atoms with Crippen LogP contribution in [-0.2, 0) is 4.79 Å². The summed E-state index contributed by atoms with van der Waals surface area (Å²) in [5.74, 6) is 0.220. The average Bonchev–Trinajstić information content (AvgIpc) is 1.83. The molecule has 1 amide bonds. The van der Waals surface area contributed by atoms with Crippen molar-refractivity contribution in [1.29, 1.82) is 0 Å². The van der Waals surface area contributed by atoms with Gasteiger partial charge >= 0.3 is 5.91 Å². The van der Waals surface area contributed by atoms with Crippen LogP contribution in [0.5, 0.6) is 0 Å². The Hall–Kier alpha value is -0.630. The molecule has 0 aromatic heterocycles. The first-order chi connectivity index (χ1) is 4.22. The van der Waals surface area contributed by atoms with E-state index in [1.807, 2.05) is 19.1 Å². The lowest BCUT2D eigenvalue weighted by Crippen LogP contribution is -3.00. The summed E-state index contributed by atoms with van der Waals surface area (Å²) in [6.45, 7) is 1.89. The maximum atomic E-state index is 11.0. The molecule has 1 unspecified atom stereocenters. The van der Waals surface area contributed by atoms with Crippen LogP contribution in [0, 0.1) is 5.92 Å². The van der Waals surface area contributed by atoms with Crippen LogP contribution >= 0.6 is 0 Å². The average molecular weight is 160 g/mol. The molecule has 1 heterocycles. The second-order valence-electron chi connectivity index (χ2n) is 2.27. The van der Waals surface area contributed by atoms with Crippen molar-refractivity contribution in [2.45, 2.75) is 6.92 Å². The topological polar surface area (TPSA) is 20.1 Å². The maximum Gasteiger partial charge on any atom is 0.393 e. The standard InChI is InChI=1S/C7H10NO.ClH/c1-6-4-3-5-8(2)7(6)9;/h3-6H,1-2H3;1H/q+1;/p-1. The number of carbonyl (C=O) groups excluding carboxylic acids is 1. The number of carbonyl (C=O) groups is 1. The molecule has 0 fully saturated rings. The van der Waals surface area contributed by atoms with Crippen LogP contribution in [-0.4, -0.2) is 23.7 Å². The molecule has 0 spiro atoms. The third-order valence-electron chi connectivity index (χ3n) is 1.45. The van der Waals surface area contributed by atoms with Gasteiger partial charge in [0.1, 0.15) is 13.0 Å². The van der Waals surface area contributed by atoms with Crippen molar-refractivity contribution in [3.05, 3.63) is 12.2 Å². The second kappa shape index (κ2) is 3.52. The molecule has 0 N–H and O–H groups in total. The van der Waals surface area contributed by atoms with E-state index < -0.39 is 0 Å². The highest BCUT2D eigenvalue weighted by molar-refractivity contribution is 5.83. The fourth-order valence-electron chi connectivity index (χ4n) is 0.822. The molecule has 0 aromatic carbocycles. The number of halogens is 1. The van der Waals surface area contributed by atoms with Gasteiger partial charge in [-0.1, -0.05) is 6.08 Å². The Morgan fingerprint density at radius 3 is 2.60 bits per heavy atom. The van der Waals surface area contributed by atoms with Crippen LogP contribution in [0.15, 0.2) is 12.2 Å². The van der Waals surface area contributed by atoms with E-state index in [0.717, 1.165) is 0 Å². The third-order valence-corrected chi connectivity index (χ3v) is 1.45. The zero-order chi connectivity index (χ0) is 6.85. The third kappa shape index (κ3) is 1.67. The number of hydrogen-bond donors (Lipinski definition) is 0. The lowest BCUT2D eigenvalue weighted by molar-refractivity contribution is -0.417. The molecule has 0 aliphatic carbocycles. The van der Waals surface area contributed by atoms with E-state index in [-0.39, 0.29) is 24.2 Å². The fourth-order valence-corrected chi connectivity index (χ4v) is 0.822. The van der Waals surface area contributed by atoms with E-state index in [9.17, 15) is 4.79 Å². The van der Waals surface area contributed by atoms with Crippen LogP contribution in [0.3, 0.4) is 0 Å². The van der Waals surface area contributed by atoms with Gasteiger partial charge in [0.25, 0.3) is 0 Å². The van der Waals surface area contributed by atoms with E-state index in [2.05, 4.69) is 0 Å². The molecule has 3 heteroatoms. The van der Waals surface area contributed by atoms with Crippen molar-refractivity contribution in [2.75, 3.05) is 7.05 Å². The number of amides is 1. The first kappa shape index (κ1) is 9.37. The van der Waals surface area contributed by atoms with Gasteiger partial charge in [0.15, 0.2) is 6.21 Å². The molecule has 1 atom stereocenters. The first-order valence-electron chi connectivity index (χ1n) is 3.00. The summed E-state index contributed by atoms with van der Waals surface area (Å²) in [6, 6.07) is 0. The monoisotopic (exact) mass is 159 g/mol. The lowest BCUT2D eigenvalue weighted by Gasteiger charge is -2.01. The number of allylic oxidation sites excluding steroid dienone is 1. The van der Waals surface area contributed by atoms with E-state index in [0.29, 0.717) is 0 Å². The quantitative estimate of drug-likeness (QED) is 0.356. The van der Waals surface area contributed by atoms with Crippen molar-refractivity contribution in [3.63, 3.8) is 0 Å². The number of rotatable bonds is 0. The van der Waals surface area contributed by atoms with Gasteiger partial charge < -0.3 is 12.4 Å². The Kier molecular flexibility index (Phi) is 3.30. The van der Waals surface area contributed by atoms with Gasteiger partial charge in [-0.05, 0) is 13.0 Å². The summed E-state index contributed by atoms with van der Waals surface area (Å²) in [5, 5.41) is 0. The predicted octanol–water partition coefficient (Wildman–Crippen LogP) is -2.56. The number of nitrogens with zero attached hydrogens (tertiary/aromatic N) is 1. The van der Waals surface area contributed by atoms with E-state index in [4.69, 9.17) is 0 Å². The Morgan fingerprint density at radius 2 is 2.20 bits per heavy atom. The molecule has 0 aromatic rings. The molecule has 0 saturated carbocycles. The van der Waals surface area contributed by atoms with Gasteiger partial charge in [0.05, 0.1) is 0 Å². The minimum atomic E-state index is 0. The second-order valence-corrected chi connectivity index (χ2v) is 2.27. The molecule has 56 valence electrons. The highest BCUT2D eigenvalue weighted by Crippen LogP contribution is 2.01. The van der Waals surface area contributed by atoms with Gasteiger partial charge in [0.2, 0.25) is 0 Å². The molecule has 10 heavy (non-hydrogen) atoms. The molecule has 1 aliphatic rings. The lowest BCUT2D eigenvalue weighted by atomic mass is 10.1. The zero-order valence-electron chi connectivity index (χ0n) is 6.04. The van der Waals surface area contributed by atoms with Crippen molar-refractivity contribution < 1.29 is 21.8 Å². The highest BCUT2D eigenvalue weighted by atomic mass is 35.5. The normalized spacial score (nSPS) is 23.6. The van der Waals surface area contributed by atoms with E-state index >= 15 is 0 Å². The summed E-state index contributed by atoms with van der Waals surface area (Å²) in [5.41, 5.74) is 0. The summed E-state index contributed by atoms with van der Waals surface area (Å²) >= 11 is 0. The van der Waals surface area contributed by atoms with Crippen LogP contribution in [0.4, 0.5) is 0 Å². The molecular weight excluding hydrogens is 150 g/mol. The summed E-state index contributed by atoms with van der Waals surface area (Å²) in [4.78, 5) is 11.0. The van der Waals surface area contributed by atoms with Crippen molar-refractivity contribution >= 4 is 12.1 Å². The minimum absolute atomic E-state index is 0. The summed E-state index contributed by atoms with van der Waals surface area (Å²) < 4.78 is 1.60. The summed E-state index contributed by atoms with van der Waals surface area (Å²) in [6.07, 6.45) is 5.55. The first-order valence-corrected chi connectivity index (χ1v) is 3.00. The Morgan fingerprint density at radius 1 is 1.60 bits per heavy atom. The molecular formula is C7H10ClNO. The Balaban J connectivity index is 0.000000810. The van der Waals surface area contributed by atoms with Crippen LogP contribution in [0.1, 0.15) is 6.92 Å². The summed E-state index contributed by atoms with van der Waals surface area (Å²) in [7, 11) is 1.77. The van der Waals surface area contributed by atoms with E-state index in [1.165, 1.54) is 0 Å². The Labute approximate surface area is 66.7 Å². The van der Waals surface area contributed by atoms with Crippen molar-refractivity contribution in [2.24, 2.45) is 5.92 Å².